The topological polar surface area (TPSA) is 64.4 Å². The van der Waals surface area contributed by atoms with Crippen molar-refractivity contribution in [2.75, 3.05) is 13.2 Å². The van der Waals surface area contributed by atoms with Crippen molar-refractivity contribution >= 4 is 5.91 Å². The summed E-state index contributed by atoms with van der Waals surface area (Å²) in [5, 5.41) is 2.92. The summed E-state index contributed by atoms with van der Waals surface area (Å²) in [6, 6.07) is 19.6. The number of ether oxygens (including phenoxy) is 1. The third-order valence-electron chi connectivity index (χ3n) is 3.78. The molecule has 1 atom stereocenters. The number of nitrogens with one attached hydrogen (secondary N) is 1. The molecule has 128 valence electrons. The Hall–Kier alpha value is -2.17. The van der Waals surface area contributed by atoms with Crippen LogP contribution in [0.15, 0.2) is 60.7 Å². The molecule has 0 aliphatic rings. The fraction of sp³-hybridized carbons (Fsp3) is 0.350. The van der Waals surface area contributed by atoms with Crippen LogP contribution in [0, 0.1) is 0 Å². The Balaban J connectivity index is 1.50. The quantitative estimate of drug-likeness (QED) is 0.659. The van der Waals surface area contributed by atoms with Crippen LogP contribution >= 0.6 is 0 Å². The van der Waals surface area contributed by atoms with E-state index in [1.54, 1.807) is 0 Å². The standard InChI is InChI=1S/C20H26N2O2/c21-19(18-11-5-2-6-12-18)15-20(23)22-13-7-8-14-24-16-17-9-3-1-4-10-17/h1-6,9-12,19H,7-8,13-16,21H2,(H,22,23). The van der Waals surface area contributed by atoms with Crippen molar-refractivity contribution in [2.24, 2.45) is 5.73 Å². The van der Waals surface area contributed by atoms with Gasteiger partial charge in [-0.3, -0.25) is 4.79 Å². The second kappa shape index (κ2) is 10.6. The maximum atomic E-state index is 11.9. The summed E-state index contributed by atoms with van der Waals surface area (Å²) >= 11 is 0. The number of benzene rings is 2. The molecule has 0 saturated carbocycles. The summed E-state index contributed by atoms with van der Waals surface area (Å²) in [6.07, 6.45) is 2.15. The molecule has 0 fully saturated rings. The van der Waals surface area contributed by atoms with E-state index >= 15 is 0 Å². The monoisotopic (exact) mass is 326 g/mol. The number of carbonyl (C=O) groups is 1. The van der Waals surface area contributed by atoms with E-state index in [0.29, 0.717) is 26.2 Å². The first-order valence-electron chi connectivity index (χ1n) is 8.44. The summed E-state index contributed by atoms with van der Waals surface area (Å²) in [7, 11) is 0. The van der Waals surface area contributed by atoms with Crippen LogP contribution in [-0.2, 0) is 16.1 Å². The van der Waals surface area contributed by atoms with Crippen LogP contribution in [0.2, 0.25) is 0 Å². The number of hydrogen-bond acceptors (Lipinski definition) is 3. The third kappa shape index (κ3) is 6.94. The smallest absolute Gasteiger partial charge is 0.221 e. The number of nitrogens with two attached hydrogens (primary N) is 1. The Kier molecular flexibility index (Phi) is 8.01. The Bertz CT molecular complexity index is 587. The van der Waals surface area contributed by atoms with Crippen molar-refractivity contribution in [1.29, 1.82) is 0 Å². The van der Waals surface area contributed by atoms with Crippen molar-refractivity contribution in [1.82, 2.24) is 5.32 Å². The van der Waals surface area contributed by atoms with Crippen molar-refractivity contribution in [3.8, 4) is 0 Å². The molecule has 0 aliphatic carbocycles. The maximum Gasteiger partial charge on any atom is 0.221 e. The molecular weight excluding hydrogens is 300 g/mol. The molecule has 2 aromatic carbocycles. The zero-order chi connectivity index (χ0) is 17.0. The first-order chi connectivity index (χ1) is 11.8. The van der Waals surface area contributed by atoms with E-state index in [2.05, 4.69) is 17.4 Å². The van der Waals surface area contributed by atoms with E-state index < -0.39 is 0 Å². The van der Waals surface area contributed by atoms with Crippen LogP contribution in [0.1, 0.15) is 36.4 Å². The lowest BCUT2D eigenvalue weighted by Gasteiger charge is -2.12. The average molecular weight is 326 g/mol. The molecule has 0 aliphatic heterocycles. The van der Waals surface area contributed by atoms with Gasteiger partial charge in [0.25, 0.3) is 0 Å². The Morgan fingerprint density at radius 3 is 2.38 bits per heavy atom. The first kappa shape index (κ1) is 18.2. The second-order valence-corrected chi connectivity index (χ2v) is 5.82. The number of hydrogen-bond donors (Lipinski definition) is 2. The molecule has 24 heavy (non-hydrogen) atoms. The normalized spacial score (nSPS) is 11.9. The summed E-state index contributed by atoms with van der Waals surface area (Å²) in [4.78, 5) is 11.9. The van der Waals surface area contributed by atoms with Gasteiger partial charge in [0.1, 0.15) is 0 Å². The molecule has 0 spiro atoms. The van der Waals surface area contributed by atoms with Gasteiger partial charge in [0.2, 0.25) is 5.91 Å². The van der Waals surface area contributed by atoms with Crippen molar-refractivity contribution in [2.45, 2.75) is 31.9 Å². The van der Waals surface area contributed by atoms with Crippen LogP contribution < -0.4 is 11.1 Å². The van der Waals surface area contributed by atoms with Crippen molar-refractivity contribution < 1.29 is 9.53 Å². The van der Waals surface area contributed by atoms with Crippen molar-refractivity contribution in [3.63, 3.8) is 0 Å². The molecule has 0 heterocycles. The Morgan fingerprint density at radius 2 is 1.67 bits per heavy atom. The van der Waals surface area contributed by atoms with Gasteiger partial charge in [-0.25, -0.2) is 0 Å². The van der Waals surface area contributed by atoms with E-state index in [0.717, 1.165) is 18.4 Å². The van der Waals surface area contributed by atoms with Gasteiger partial charge in [-0.2, -0.15) is 0 Å². The van der Waals surface area contributed by atoms with Gasteiger partial charge in [-0.1, -0.05) is 60.7 Å². The summed E-state index contributed by atoms with van der Waals surface area (Å²) in [5.41, 5.74) is 8.21. The van der Waals surface area contributed by atoms with Gasteiger partial charge in [-0.15, -0.1) is 0 Å². The Morgan fingerprint density at radius 1 is 1.00 bits per heavy atom. The lowest BCUT2D eigenvalue weighted by Crippen LogP contribution is -2.28. The van der Waals surface area contributed by atoms with Gasteiger partial charge in [0.15, 0.2) is 0 Å². The fourth-order valence-electron chi connectivity index (χ4n) is 2.41. The highest BCUT2D eigenvalue weighted by atomic mass is 16.5. The lowest BCUT2D eigenvalue weighted by molar-refractivity contribution is -0.121. The zero-order valence-corrected chi connectivity index (χ0v) is 14.0. The Labute approximate surface area is 144 Å². The van der Waals surface area contributed by atoms with Crippen molar-refractivity contribution in [3.05, 3.63) is 71.8 Å². The minimum Gasteiger partial charge on any atom is -0.377 e. The molecule has 4 heteroatoms. The minimum absolute atomic E-state index is 0.00319. The molecule has 1 amide bonds. The van der Waals surface area contributed by atoms with Crippen LogP contribution in [0.4, 0.5) is 0 Å². The molecular formula is C20H26N2O2. The second-order valence-electron chi connectivity index (χ2n) is 5.82. The SMILES string of the molecule is NC(CC(=O)NCCCCOCc1ccccc1)c1ccccc1. The molecule has 0 aromatic heterocycles. The molecule has 2 rings (SSSR count). The number of rotatable bonds is 10. The van der Waals surface area contributed by atoms with E-state index in [4.69, 9.17) is 10.5 Å². The third-order valence-corrected chi connectivity index (χ3v) is 3.78. The van der Waals surface area contributed by atoms with E-state index in [-0.39, 0.29) is 11.9 Å². The summed E-state index contributed by atoms with van der Waals surface area (Å²) in [6.45, 7) is 2.00. The first-order valence-corrected chi connectivity index (χ1v) is 8.44. The molecule has 0 bridgehead atoms. The van der Waals surface area contributed by atoms with Crippen LogP contribution in [-0.4, -0.2) is 19.1 Å². The molecule has 2 aromatic rings. The molecule has 1 unspecified atom stereocenters. The average Bonchev–Trinajstić information content (AvgIpc) is 2.62. The van der Waals surface area contributed by atoms with E-state index in [1.807, 2.05) is 48.5 Å². The van der Waals surface area contributed by atoms with Gasteiger partial charge in [0.05, 0.1) is 6.61 Å². The molecule has 0 radical (unpaired) electrons. The number of amides is 1. The maximum absolute atomic E-state index is 11.9. The van der Waals surface area contributed by atoms with Crippen LogP contribution in [0.3, 0.4) is 0 Å². The molecule has 0 saturated heterocycles. The lowest BCUT2D eigenvalue weighted by atomic mass is 10.0. The number of carbonyl (C=O) groups excluding carboxylic acids is 1. The summed E-state index contributed by atoms with van der Waals surface area (Å²) in [5.74, 6) is -0.00319. The van der Waals surface area contributed by atoms with E-state index in [9.17, 15) is 4.79 Å². The highest BCUT2D eigenvalue weighted by Gasteiger charge is 2.10. The van der Waals surface area contributed by atoms with Crippen LogP contribution in [0.5, 0.6) is 0 Å². The predicted octanol–water partition coefficient (Wildman–Crippen LogP) is 3.19. The highest BCUT2D eigenvalue weighted by molar-refractivity contribution is 5.76. The van der Waals surface area contributed by atoms with Crippen LogP contribution in [0.25, 0.3) is 0 Å². The van der Waals surface area contributed by atoms with Gasteiger partial charge in [-0.05, 0) is 24.0 Å². The predicted molar refractivity (Wildman–Crippen MR) is 96.3 cm³/mol. The largest absolute Gasteiger partial charge is 0.377 e. The molecule has 4 nitrogen and oxygen atoms in total. The van der Waals surface area contributed by atoms with Gasteiger partial charge >= 0.3 is 0 Å². The fourth-order valence-corrected chi connectivity index (χ4v) is 2.41. The van der Waals surface area contributed by atoms with Gasteiger partial charge in [0, 0.05) is 25.6 Å². The minimum atomic E-state index is -0.250. The van der Waals surface area contributed by atoms with Gasteiger partial charge < -0.3 is 15.8 Å². The number of unbranched alkanes of at least 4 members (excludes halogenated alkanes) is 1. The molecule has 3 N–H and O–H groups in total. The summed E-state index contributed by atoms with van der Waals surface area (Å²) < 4.78 is 5.62. The zero-order valence-electron chi connectivity index (χ0n) is 14.0. The van der Waals surface area contributed by atoms with E-state index in [1.165, 1.54) is 5.56 Å². The highest BCUT2D eigenvalue weighted by Crippen LogP contribution is 2.12.